The van der Waals surface area contributed by atoms with Crippen molar-refractivity contribution < 1.29 is 4.79 Å². The van der Waals surface area contributed by atoms with E-state index in [9.17, 15) is 4.79 Å². The summed E-state index contributed by atoms with van der Waals surface area (Å²) in [5, 5.41) is 0. The molecule has 0 aliphatic rings. The second kappa shape index (κ2) is 5.76. The highest BCUT2D eigenvalue weighted by Gasteiger charge is 2.11. The number of aromatic nitrogens is 1. The number of hydrogen-bond donors (Lipinski definition) is 0. The standard InChI is InChI=1S/C14H11Br2NO/c1-9-2-3-12(13(16)4-9)14(18)6-10-5-11(15)8-17-7-10/h2-5,7-8H,6H2,1H3. The van der Waals surface area contributed by atoms with E-state index in [2.05, 4.69) is 36.8 Å². The van der Waals surface area contributed by atoms with Gasteiger partial charge in [-0.05, 0) is 52.2 Å². The molecule has 2 rings (SSSR count). The average Bonchev–Trinajstić information content (AvgIpc) is 2.28. The summed E-state index contributed by atoms with van der Waals surface area (Å²) in [6, 6.07) is 7.66. The molecule has 4 heteroatoms. The first-order valence-corrected chi connectivity index (χ1v) is 7.03. The van der Waals surface area contributed by atoms with Crippen LogP contribution in [0.1, 0.15) is 21.5 Å². The summed E-state index contributed by atoms with van der Waals surface area (Å²) in [6.07, 6.45) is 3.77. The molecule has 1 aromatic carbocycles. The lowest BCUT2D eigenvalue weighted by atomic mass is 10.0. The molecule has 0 atom stereocenters. The van der Waals surface area contributed by atoms with E-state index in [1.54, 1.807) is 12.4 Å². The number of carbonyl (C=O) groups excluding carboxylic acids is 1. The highest BCUT2D eigenvalue weighted by molar-refractivity contribution is 9.10. The van der Waals surface area contributed by atoms with E-state index >= 15 is 0 Å². The van der Waals surface area contributed by atoms with Crippen molar-refractivity contribution in [1.82, 2.24) is 4.98 Å². The Morgan fingerprint density at radius 3 is 2.67 bits per heavy atom. The second-order valence-corrected chi connectivity index (χ2v) is 5.86. The van der Waals surface area contributed by atoms with Crippen molar-refractivity contribution in [1.29, 1.82) is 0 Å². The first-order chi connectivity index (χ1) is 8.56. The van der Waals surface area contributed by atoms with Crippen molar-refractivity contribution >= 4 is 37.6 Å². The normalized spacial score (nSPS) is 10.4. The molecule has 2 nitrogen and oxygen atoms in total. The molecule has 0 N–H and O–H groups in total. The molecule has 0 unspecified atom stereocenters. The van der Waals surface area contributed by atoms with Gasteiger partial charge in [0.25, 0.3) is 0 Å². The maximum atomic E-state index is 12.2. The fourth-order valence-electron chi connectivity index (χ4n) is 1.68. The molecule has 0 saturated heterocycles. The van der Waals surface area contributed by atoms with E-state index in [-0.39, 0.29) is 5.78 Å². The molecule has 2 aromatic rings. The summed E-state index contributed by atoms with van der Waals surface area (Å²) in [5.41, 5.74) is 2.74. The number of hydrogen-bond acceptors (Lipinski definition) is 2. The molecular formula is C14H11Br2NO. The zero-order valence-corrected chi connectivity index (χ0v) is 13.0. The number of pyridine rings is 1. The van der Waals surface area contributed by atoms with Crippen LogP contribution in [0.15, 0.2) is 45.6 Å². The van der Waals surface area contributed by atoms with Gasteiger partial charge in [-0.1, -0.05) is 22.0 Å². The van der Waals surface area contributed by atoms with E-state index < -0.39 is 0 Å². The molecule has 18 heavy (non-hydrogen) atoms. The van der Waals surface area contributed by atoms with Crippen LogP contribution in [0.25, 0.3) is 0 Å². The average molecular weight is 369 g/mol. The molecule has 0 amide bonds. The minimum Gasteiger partial charge on any atom is -0.294 e. The summed E-state index contributed by atoms with van der Waals surface area (Å²) in [6.45, 7) is 2.00. The lowest BCUT2D eigenvalue weighted by Crippen LogP contribution is -2.05. The lowest BCUT2D eigenvalue weighted by molar-refractivity contribution is 0.0992. The highest BCUT2D eigenvalue weighted by Crippen LogP contribution is 2.20. The van der Waals surface area contributed by atoms with Crippen molar-refractivity contribution in [2.24, 2.45) is 0 Å². The van der Waals surface area contributed by atoms with Crippen LogP contribution >= 0.6 is 31.9 Å². The zero-order valence-electron chi connectivity index (χ0n) is 9.78. The van der Waals surface area contributed by atoms with Gasteiger partial charge in [0, 0.05) is 33.3 Å². The summed E-state index contributed by atoms with van der Waals surface area (Å²) in [7, 11) is 0. The first kappa shape index (κ1) is 13.4. The fraction of sp³-hybridized carbons (Fsp3) is 0.143. The minimum absolute atomic E-state index is 0.0850. The number of rotatable bonds is 3. The van der Waals surface area contributed by atoms with Crippen LogP contribution < -0.4 is 0 Å². The third-order valence-corrected chi connectivity index (χ3v) is 3.64. The maximum Gasteiger partial charge on any atom is 0.168 e. The number of ketones is 1. The SMILES string of the molecule is Cc1ccc(C(=O)Cc2cncc(Br)c2)c(Br)c1. The van der Waals surface area contributed by atoms with Gasteiger partial charge in [-0.2, -0.15) is 0 Å². The van der Waals surface area contributed by atoms with Crippen molar-refractivity contribution in [3.8, 4) is 0 Å². The summed E-state index contributed by atoms with van der Waals surface area (Å²) >= 11 is 6.78. The molecular weight excluding hydrogens is 358 g/mol. The second-order valence-electron chi connectivity index (χ2n) is 4.09. The molecule has 1 aromatic heterocycles. The zero-order chi connectivity index (χ0) is 13.1. The van der Waals surface area contributed by atoms with Gasteiger partial charge in [-0.25, -0.2) is 0 Å². The van der Waals surface area contributed by atoms with Gasteiger partial charge in [0.05, 0.1) is 0 Å². The van der Waals surface area contributed by atoms with Crippen LogP contribution in [-0.4, -0.2) is 10.8 Å². The Morgan fingerprint density at radius 2 is 2.00 bits per heavy atom. The summed E-state index contributed by atoms with van der Waals surface area (Å²) < 4.78 is 1.73. The van der Waals surface area contributed by atoms with Crippen molar-refractivity contribution in [3.05, 3.63) is 62.3 Å². The molecule has 1 heterocycles. The number of carbonyl (C=O) groups is 1. The summed E-state index contributed by atoms with van der Waals surface area (Å²) in [4.78, 5) is 16.2. The Bertz CT molecular complexity index is 596. The Balaban J connectivity index is 2.22. The number of halogens is 2. The first-order valence-electron chi connectivity index (χ1n) is 5.45. The molecule has 0 bridgehead atoms. The highest BCUT2D eigenvalue weighted by atomic mass is 79.9. The molecule has 0 saturated carbocycles. The van der Waals surface area contributed by atoms with Crippen molar-refractivity contribution in [2.45, 2.75) is 13.3 Å². The van der Waals surface area contributed by atoms with E-state index in [0.29, 0.717) is 12.0 Å². The van der Waals surface area contributed by atoms with Crippen LogP contribution in [0.4, 0.5) is 0 Å². The Morgan fingerprint density at radius 1 is 1.22 bits per heavy atom. The Kier molecular flexibility index (Phi) is 4.30. The van der Waals surface area contributed by atoms with Crippen LogP contribution in [-0.2, 0) is 6.42 Å². The van der Waals surface area contributed by atoms with Crippen LogP contribution in [0.2, 0.25) is 0 Å². The number of Topliss-reactive ketones (excluding diaryl/α,β-unsaturated/α-hetero) is 1. The van der Waals surface area contributed by atoms with Gasteiger partial charge < -0.3 is 0 Å². The van der Waals surface area contributed by atoms with E-state index in [4.69, 9.17) is 0 Å². The van der Waals surface area contributed by atoms with Crippen LogP contribution in [0, 0.1) is 6.92 Å². The lowest BCUT2D eigenvalue weighted by Gasteiger charge is -2.05. The smallest absolute Gasteiger partial charge is 0.168 e. The van der Waals surface area contributed by atoms with E-state index in [1.165, 1.54) is 0 Å². The number of aryl methyl sites for hydroxylation is 1. The third kappa shape index (κ3) is 3.27. The molecule has 0 aliphatic carbocycles. The number of nitrogens with zero attached hydrogens (tertiary/aromatic N) is 1. The topological polar surface area (TPSA) is 30.0 Å². The molecule has 0 aliphatic heterocycles. The Labute approximate surface area is 123 Å². The van der Waals surface area contributed by atoms with E-state index in [0.717, 1.165) is 20.1 Å². The largest absolute Gasteiger partial charge is 0.294 e. The summed E-state index contributed by atoms with van der Waals surface area (Å²) in [5.74, 6) is 0.0850. The van der Waals surface area contributed by atoms with Crippen molar-refractivity contribution in [2.75, 3.05) is 0 Å². The number of benzene rings is 1. The van der Waals surface area contributed by atoms with Gasteiger partial charge >= 0.3 is 0 Å². The minimum atomic E-state index is 0.0850. The van der Waals surface area contributed by atoms with Crippen LogP contribution in [0.3, 0.4) is 0 Å². The van der Waals surface area contributed by atoms with Crippen molar-refractivity contribution in [3.63, 3.8) is 0 Å². The van der Waals surface area contributed by atoms with E-state index in [1.807, 2.05) is 31.2 Å². The quantitative estimate of drug-likeness (QED) is 0.754. The molecule has 92 valence electrons. The van der Waals surface area contributed by atoms with Gasteiger partial charge in [0.1, 0.15) is 0 Å². The predicted octanol–water partition coefficient (Wildman–Crippen LogP) is 4.34. The van der Waals surface area contributed by atoms with Crippen LogP contribution in [0.5, 0.6) is 0 Å². The molecule has 0 radical (unpaired) electrons. The van der Waals surface area contributed by atoms with Gasteiger partial charge in [0.15, 0.2) is 5.78 Å². The van der Waals surface area contributed by atoms with Gasteiger partial charge in [0.2, 0.25) is 0 Å². The molecule has 0 fully saturated rings. The maximum absolute atomic E-state index is 12.2. The Hall–Kier alpha value is -1.000. The van der Waals surface area contributed by atoms with Gasteiger partial charge in [-0.3, -0.25) is 9.78 Å². The predicted molar refractivity (Wildman–Crippen MR) is 78.9 cm³/mol. The monoisotopic (exact) mass is 367 g/mol. The van der Waals surface area contributed by atoms with Gasteiger partial charge in [-0.15, -0.1) is 0 Å². The molecule has 0 spiro atoms. The fourth-order valence-corrected chi connectivity index (χ4v) is 2.81. The third-order valence-electron chi connectivity index (χ3n) is 2.55.